The van der Waals surface area contributed by atoms with Crippen molar-refractivity contribution in [2.75, 3.05) is 6.61 Å². The summed E-state index contributed by atoms with van der Waals surface area (Å²) >= 11 is 0. The first kappa shape index (κ1) is 15.7. The van der Waals surface area contributed by atoms with Crippen LogP contribution in [0.4, 0.5) is 0 Å². The highest BCUT2D eigenvalue weighted by molar-refractivity contribution is 5.80. The minimum absolute atomic E-state index is 0.122. The van der Waals surface area contributed by atoms with E-state index in [1.807, 2.05) is 51.1 Å². The Morgan fingerprint density at radius 3 is 2.26 bits per heavy atom. The van der Waals surface area contributed by atoms with Gasteiger partial charge in [0, 0.05) is 0 Å². The second kappa shape index (κ2) is 6.17. The normalized spacial score (nSPS) is 14.8. The molecule has 0 saturated heterocycles. The molecule has 0 saturated carbocycles. The average Bonchev–Trinajstić information content (AvgIpc) is 2.28. The van der Waals surface area contributed by atoms with Gasteiger partial charge in [0.2, 0.25) is 0 Å². The number of nitrogens with two attached hydrogens (primary N) is 1. The van der Waals surface area contributed by atoms with E-state index < -0.39 is 17.1 Å². The molecule has 1 atom stereocenters. The van der Waals surface area contributed by atoms with Gasteiger partial charge >= 0.3 is 5.97 Å². The predicted molar refractivity (Wildman–Crippen MR) is 74.5 cm³/mol. The number of hydrogen-bond donors (Lipinski definition) is 1. The van der Waals surface area contributed by atoms with Crippen LogP contribution in [-0.2, 0) is 20.9 Å². The van der Waals surface area contributed by atoms with Crippen molar-refractivity contribution in [3.05, 3.63) is 35.9 Å². The highest BCUT2D eigenvalue weighted by atomic mass is 16.6. The van der Waals surface area contributed by atoms with Crippen LogP contribution in [0.5, 0.6) is 0 Å². The topological polar surface area (TPSA) is 61.5 Å². The minimum Gasteiger partial charge on any atom is -0.459 e. The Morgan fingerprint density at radius 2 is 1.74 bits per heavy atom. The summed E-state index contributed by atoms with van der Waals surface area (Å²) in [7, 11) is 0. The Morgan fingerprint density at radius 1 is 1.16 bits per heavy atom. The van der Waals surface area contributed by atoms with Crippen LogP contribution >= 0.6 is 0 Å². The molecule has 0 amide bonds. The fraction of sp³-hybridized carbons (Fsp3) is 0.533. The monoisotopic (exact) mass is 265 g/mol. The first-order chi connectivity index (χ1) is 8.71. The van der Waals surface area contributed by atoms with Crippen LogP contribution < -0.4 is 5.73 Å². The zero-order valence-corrected chi connectivity index (χ0v) is 12.1. The summed E-state index contributed by atoms with van der Waals surface area (Å²) in [5.41, 5.74) is 5.29. The number of carbonyl (C=O) groups is 1. The third kappa shape index (κ3) is 5.85. The van der Waals surface area contributed by atoms with Gasteiger partial charge in [-0.25, -0.2) is 4.79 Å². The number of benzene rings is 1. The Labute approximate surface area is 114 Å². The van der Waals surface area contributed by atoms with Gasteiger partial charge in [-0.1, -0.05) is 30.3 Å². The van der Waals surface area contributed by atoms with Gasteiger partial charge in [-0.05, 0) is 33.3 Å². The average molecular weight is 265 g/mol. The summed E-state index contributed by atoms with van der Waals surface area (Å²) in [6.07, 6.45) is 0. The SMILES string of the molecule is CC(C)(C)OC(=O)[C@@](C)(N)COCc1ccccc1. The van der Waals surface area contributed by atoms with Crippen LogP contribution in [0.15, 0.2) is 30.3 Å². The quantitative estimate of drug-likeness (QED) is 0.830. The largest absolute Gasteiger partial charge is 0.459 e. The van der Waals surface area contributed by atoms with Crippen molar-refractivity contribution < 1.29 is 14.3 Å². The molecule has 1 aromatic rings. The summed E-state index contributed by atoms with van der Waals surface area (Å²) in [6.45, 7) is 7.60. The molecule has 0 fully saturated rings. The summed E-state index contributed by atoms with van der Waals surface area (Å²) < 4.78 is 10.8. The van der Waals surface area contributed by atoms with Crippen LogP contribution in [0.3, 0.4) is 0 Å². The van der Waals surface area contributed by atoms with E-state index in [2.05, 4.69) is 0 Å². The molecule has 0 heterocycles. The lowest BCUT2D eigenvalue weighted by atomic mass is 10.1. The van der Waals surface area contributed by atoms with Gasteiger partial charge in [0.15, 0.2) is 0 Å². The Bertz CT molecular complexity index is 407. The molecule has 0 aromatic heterocycles. The summed E-state index contributed by atoms with van der Waals surface area (Å²) in [5.74, 6) is -0.451. The van der Waals surface area contributed by atoms with Crippen LogP contribution in [-0.4, -0.2) is 23.7 Å². The molecule has 4 heteroatoms. The van der Waals surface area contributed by atoms with Crippen molar-refractivity contribution in [1.29, 1.82) is 0 Å². The van der Waals surface area contributed by atoms with Crippen LogP contribution in [0, 0.1) is 0 Å². The summed E-state index contributed by atoms with van der Waals surface area (Å²) in [4.78, 5) is 11.9. The Kier molecular flexibility index (Phi) is 5.09. The van der Waals surface area contributed by atoms with Crippen molar-refractivity contribution in [1.82, 2.24) is 0 Å². The number of hydrogen-bond acceptors (Lipinski definition) is 4. The maximum absolute atomic E-state index is 11.9. The number of rotatable bonds is 5. The molecule has 0 bridgehead atoms. The van der Waals surface area contributed by atoms with Gasteiger partial charge in [0.1, 0.15) is 11.1 Å². The zero-order chi connectivity index (χ0) is 14.5. The zero-order valence-electron chi connectivity index (χ0n) is 12.1. The van der Waals surface area contributed by atoms with E-state index >= 15 is 0 Å². The lowest BCUT2D eigenvalue weighted by Gasteiger charge is -2.28. The van der Waals surface area contributed by atoms with Crippen molar-refractivity contribution in [2.24, 2.45) is 5.73 Å². The summed E-state index contributed by atoms with van der Waals surface area (Å²) in [6, 6.07) is 9.74. The van der Waals surface area contributed by atoms with Crippen LogP contribution in [0.2, 0.25) is 0 Å². The van der Waals surface area contributed by atoms with Gasteiger partial charge in [-0.2, -0.15) is 0 Å². The molecule has 19 heavy (non-hydrogen) atoms. The molecular formula is C15H23NO3. The van der Waals surface area contributed by atoms with Gasteiger partial charge in [0.25, 0.3) is 0 Å². The molecule has 0 aliphatic rings. The van der Waals surface area contributed by atoms with Gasteiger partial charge in [-0.15, -0.1) is 0 Å². The van der Waals surface area contributed by atoms with Crippen molar-refractivity contribution >= 4 is 5.97 Å². The van der Waals surface area contributed by atoms with Crippen LogP contribution in [0.25, 0.3) is 0 Å². The fourth-order valence-corrected chi connectivity index (χ4v) is 1.41. The van der Waals surface area contributed by atoms with Crippen molar-refractivity contribution in [3.63, 3.8) is 0 Å². The van der Waals surface area contributed by atoms with Crippen LogP contribution in [0.1, 0.15) is 33.3 Å². The Balaban J connectivity index is 2.44. The lowest BCUT2D eigenvalue weighted by molar-refractivity contribution is -0.163. The van der Waals surface area contributed by atoms with Gasteiger partial charge < -0.3 is 15.2 Å². The molecule has 106 valence electrons. The predicted octanol–water partition coefficient (Wildman–Crippen LogP) is 2.26. The van der Waals surface area contributed by atoms with E-state index in [9.17, 15) is 4.79 Å². The van der Waals surface area contributed by atoms with E-state index in [4.69, 9.17) is 15.2 Å². The third-order valence-corrected chi connectivity index (χ3v) is 2.38. The molecule has 0 aliphatic heterocycles. The van der Waals surface area contributed by atoms with Gasteiger partial charge in [-0.3, -0.25) is 0 Å². The Hall–Kier alpha value is -1.39. The molecule has 1 aromatic carbocycles. The highest BCUT2D eigenvalue weighted by Gasteiger charge is 2.33. The van der Waals surface area contributed by atoms with Crippen molar-refractivity contribution in [2.45, 2.75) is 45.4 Å². The van der Waals surface area contributed by atoms with E-state index in [-0.39, 0.29) is 6.61 Å². The maximum Gasteiger partial charge on any atom is 0.328 e. The van der Waals surface area contributed by atoms with E-state index in [1.165, 1.54) is 0 Å². The fourth-order valence-electron chi connectivity index (χ4n) is 1.41. The second-order valence-corrected chi connectivity index (χ2v) is 5.90. The molecule has 0 unspecified atom stereocenters. The van der Waals surface area contributed by atoms with E-state index in [0.29, 0.717) is 6.61 Å². The molecule has 0 spiro atoms. The first-order valence-corrected chi connectivity index (χ1v) is 6.35. The number of esters is 1. The standard InChI is InChI=1S/C15H23NO3/c1-14(2,3)19-13(17)15(4,16)11-18-10-12-8-6-5-7-9-12/h5-9H,10-11,16H2,1-4H3/t15-/m0/s1. The van der Waals surface area contributed by atoms with Gasteiger partial charge in [0.05, 0.1) is 13.2 Å². The smallest absolute Gasteiger partial charge is 0.328 e. The highest BCUT2D eigenvalue weighted by Crippen LogP contribution is 2.13. The molecule has 0 radical (unpaired) electrons. The van der Waals surface area contributed by atoms with Crippen molar-refractivity contribution in [3.8, 4) is 0 Å². The minimum atomic E-state index is -1.14. The second-order valence-electron chi connectivity index (χ2n) is 5.90. The van der Waals surface area contributed by atoms with E-state index in [1.54, 1.807) is 6.92 Å². The maximum atomic E-state index is 11.9. The lowest BCUT2D eigenvalue weighted by Crippen LogP contribution is -2.52. The molecule has 2 N–H and O–H groups in total. The van der Waals surface area contributed by atoms with E-state index in [0.717, 1.165) is 5.56 Å². The molecule has 0 aliphatic carbocycles. The third-order valence-electron chi connectivity index (χ3n) is 2.38. The number of carbonyl (C=O) groups excluding carboxylic acids is 1. The first-order valence-electron chi connectivity index (χ1n) is 6.35. The molecular weight excluding hydrogens is 242 g/mol. The summed E-state index contributed by atoms with van der Waals surface area (Å²) in [5, 5.41) is 0. The molecule has 4 nitrogen and oxygen atoms in total. The number of ether oxygens (including phenoxy) is 2. The molecule has 1 rings (SSSR count).